The van der Waals surface area contributed by atoms with E-state index in [0.717, 1.165) is 11.8 Å². The van der Waals surface area contributed by atoms with Crippen molar-refractivity contribution in [2.24, 2.45) is 28.8 Å². The summed E-state index contributed by atoms with van der Waals surface area (Å²) < 4.78 is 68.9. The van der Waals surface area contributed by atoms with E-state index in [1.54, 1.807) is 55.4 Å². The van der Waals surface area contributed by atoms with Crippen LogP contribution in [0.25, 0.3) is 0 Å². The first-order valence-corrected chi connectivity index (χ1v) is 24.9. The van der Waals surface area contributed by atoms with Crippen LogP contribution in [0.1, 0.15) is 121 Å². The Labute approximate surface area is 387 Å². The fourth-order valence-corrected chi connectivity index (χ4v) is 10.1. The minimum absolute atomic E-state index is 0.0484. The van der Waals surface area contributed by atoms with Crippen molar-refractivity contribution in [3.05, 3.63) is 12.0 Å². The first-order valence-electron chi connectivity index (χ1n) is 23.2. The lowest BCUT2D eigenvalue weighted by Gasteiger charge is -2.49. The van der Waals surface area contributed by atoms with Gasteiger partial charge in [0.15, 0.2) is 28.5 Å². The molecule has 0 amide bonds. The van der Waals surface area contributed by atoms with Gasteiger partial charge in [0, 0.05) is 43.1 Å². The second-order valence-corrected chi connectivity index (χ2v) is 21.6. The van der Waals surface area contributed by atoms with Gasteiger partial charge < -0.3 is 63.3 Å². The Hall–Kier alpha value is -2.30. The standard InChI is InChI=1S/C46H82N2O16S/c1-16-19-20-34(49)62-38-32(48(13)14)23-27(5)59-43(38)64-41-29(7)37(63-35-25-45(11,57-15)40(51)31(9)60-35)30(8)42(52)61-33(17-2)46(12,54)39(50)28(6)36(26(4)24-44(41,10)53)47-58-21-22-65(55,56)18-3/h18,26-33,35,37-41,43,50-51,53-54H,3,16-17,19-25H2,1-2,4-15H3/b47-36+/t26-,27+,28+,29+,30-,31-,32-,33-,35?,37+,38+,39-,40-,41-,43-,44-,45+,46-/m1/s1. The molecular formula is C46H82N2O16S. The predicted molar refractivity (Wildman–Crippen MR) is 242 cm³/mol. The molecule has 65 heavy (non-hydrogen) atoms. The number of aliphatic hydroxyl groups excluding tert-OH is 2. The molecule has 18 atom stereocenters. The maximum Gasteiger partial charge on any atom is 0.311 e. The van der Waals surface area contributed by atoms with E-state index in [1.165, 1.54) is 14.0 Å². The normalized spacial score (nSPS) is 42.2. The minimum atomic E-state index is -3.66. The largest absolute Gasteiger partial charge is 0.459 e. The predicted octanol–water partition coefficient (Wildman–Crippen LogP) is 3.89. The smallest absolute Gasteiger partial charge is 0.311 e. The molecule has 19 heteroatoms. The summed E-state index contributed by atoms with van der Waals surface area (Å²) in [4.78, 5) is 35.4. The molecule has 3 saturated heterocycles. The molecule has 3 fully saturated rings. The monoisotopic (exact) mass is 951 g/mol. The average molecular weight is 951 g/mol. The number of likely N-dealkylation sites (N-methyl/N-ethyl adjacent to an activating group) is 1. The Bertz CT molecular complexity index is 1690. The first kappa shape index (κ1) is 57.0. The van der Waals surface area contributed by atoms with Crippen molar-refractivity contribution in [1.29, 1.82) is 0 Å². The second kappa shape index (κ2) is 23.8. The topological polar surface area (TPSA) is 239 Å². The molecule has 18 nitrogen and oxygen atoms in total. The number of sulfone groups is 1. The van der Waals surface area contributed by atoms with E-state index in [-0.39, 0.29) is 50.1 Å². The van der Waals surface area contributed by atoms with E-state index < -0.39 is 123 Å². The van der Waals surface area contributed by atoms with Crippen LogP contribution in [0.2, 0.25) is 0 Å². The van der Waals surface area contributed by atoms with Crippen LogP contribution in [-0.2, 0) is 57.4 Å². The van der Waals surface area contributed by atoms with Crippen molar-refractivity contribution in [3.8, 4) is 0 Å². The SMILES string of the molecule is C=CS(=O)(=O)CCO/N=C1\[C@H](C)C[C@@](C)(O)[C@H](O[C@H]2O[C@@H](C)C[C@@H](N(C)C)[C@@H]2OC(=O)CCCC)[C@@H](C)[C@H](OC2C[C@](C)(OC)[C@H](O)[C@@H](C)O2)[C@@H](C)C(=O)O[C@H](CC)[C@@](C)(O)[C@H](O)[C@H]1C. The number of oxime groups is 1. The number of carbonyl (C=O) groups is 2. The van der Waals surface area contributed by atoms with Crippen molar-refractivity contribution in [2.75, 3.05) is 33.6 Å². The molecule has 0 radical (unpaired) electrons. The number of ether oxygens (including phenoxy) is 7. The van der Waals surface area contributed by atoms with Crippen LogP contribution >= 0.6 is 0 Å². The maximum absolute atomic E-state index is 14.5. The Kier molecular flexibility index (Phi) is 20.9. The van der Waals surface area contributed by atoms with Crippen LogP contribution in [0.4, 0.5) is 0 Å². The van der Waals surface area contributed by atoms with Gasteiger partial charge >= 0.3 is 11.9 Å². The summed E-state index contributed by atoms with van der Waals surface area (Å²) in [5.74, 6) is -5.48. The number of nitrogens with zero attached hydrogens (tertiary/aromatic N) is 2. The lowest BCUT2D eigenvalue weighted by Crippen LogP contribution is -2.61. The van der Waals surface area contributed by atoms with E-state index in [1.807, 2.05) is 32.8 Å². The molecular weight excluding hydrogens is 869 g/mol. The quantitative estimate of drug-likeness (QED) is 0.0975. The summed E-state index contributed by atoms with van der Waals surface area (Å²) in [5.41, 5.74) is -4.88. The molecule has 378 valence electrons. The minimum Gasteiger partial charge on any atom is -0.459 e. The fourth-order valence-electron chi connectivity index (χ4n) is 9.59. The molecule has 0 aromatic heterocycles. The summed E-state index contributed by atoms with van der Waals surface area (Å²) in [6, 6.07) is -0.356. The molecule has 0 aliphatic carbocycles. The fraction of sp³-hybridized carbons (Fsp3) is 0.891. The number of hydrogen-bond acceptors (Lipinski definition) is 18. The zero-order chi connectivity index (χ0) is 49.4. The number of cyclic esters (lactones) is 1. The van der Waals surface area contributed by atoms with Gasteiger partial charge in [-0.3, -0.25) is 9.59 Å². The van der Waals surface area contributed by atoms with Gasteiger partial charge in [-0.1, -0.05) is 52.8 Å². The van der Waals surface area contributed by atoms with Gasteiger partial charge in [-0.15, -0.1) is 0 Å². The second-order valence-electron chi connectivity index (χ2n) is 19.5. The molecule has 0 saturated carbocycles. The van der Waals surface area contributed by atoms with Crippen molar-refractivity contribution >= 4 is 27.5 Å². The highest BCUT2D eigenvalue weighted by atomic mass is 32.2. The number of esters is 2. The maximum atomic E-state index is 14.5. The highest BCUT2D eigenvalue weighted by Gasteiger charge is 2.54. The number of unbranched alkanes of at least 4 members (excludes halogenated alkanes) is 1. The van der Waals surface area contributed by atoms with Gasteiger partial charge in [0.1, 0.15) is 24.4 Å². The lowest BCUT2D eigenvalue weighted by atomic mass is 9.73. The summed E-state index contributed by atoms with van der Waals surface area (Å²) in [6.07, 6.45) is -8.65. The zero-order valence-electron chi connectivity index (χ0n) is 41.3. The highest BCUT2D eigenvalue weighted by Crippen LogP contribution is 2.41. The number of aliphatic hydroxyl groups is 4. The molecule has 3 heterocycles. The van der Waals surface area contributed by atoms with Crippen LogP contribution < -0.4 is 0 Å². The van der Waals surface area contributed by atoms with Crippen LogP contribution in [0.5, 0.6) is 0 Å². The molecule has 0 aromatic carbocycles. The van der Waals surface area contributed by atoms with Crippen LogP contribution in [0.3, 0.4) is 0 Å². The number of hydrogen-bond donors (Lipinski definition) is 4. The Balaban J connectivity index is 2.32. The third-order valence-corrected chi connectivity index (χ3v) is 15.0. The average Bonchev–Trinajstić information content (AvgIpc) is 3.23. The summed E-state index contributed by atoms with van der Waals surface area (Å²) in [6.45, 7) is 21.5. The Morgan fingerprint density at radius 2 is 1.62 bits per heavy atom. The van der Waals surface area contributed by atoms with Crippen LogP contribution in [0.15, 0.2) is 17.1 Å². The van der Waals surface area contributed by atoms with Gasteiger partial charge in [-0.05, 0) is 81.3 Å². The zero-order valence-corrected chi connectivity index (χ0v) is 42.1. The Morgan fingerprint density at radius 1 is 0.969 bits per heavy atom. The molecule has 3 aliphatic rings. The van der Waals surface area contributed by atoms with E-state index in [2.05, 4.69) is 11.7 Å². The Morgan fingerprint density at radius 3 is 2.18 bits per heavy atom. The summed E-state index contributed by atoms with van der Waals surface area (Å²) in [5, 5.41) is 53.2. The van der Waals surface area contributed by atoms with Gasteiger partial charge in [0.25, 0.3) is 0 Å². The van der Waals surface area contributed by atoms with Gasteiger partial charge in [-0.2, -0.15) is 0 Å². The number of carbonyl (C=O) groups excluding carboxylic acids is 2. The molecule has 0 bridgehead atoms. The van der Waals surface area contributed by atoms with Crippen molar-refractivity contribution in [2.45, 2.75) is 205 Å². The van der Waals surface area contributed by atoms with Crippen molar-refractivity contribution in [1.82, 2.24) is 4.90 Å². The molecule has 0 aromatic rings. The van der Waals surface area contributed by atoms with Crippen LogP contribution in [-0.4, -0.2) is 169 Å². The van der Waals surface area contributed by atoms with E-state index in [0.29, 0.717) is 12.8 Å². The van der Waals surface area contributed by atoms with Crippen LogP contribution in [0, 0.1) is 23.7 Å². The highest BCUT2D eigenvalue weighted by molar-refractivity contribution is 7.94. The van der Waals surface area contributed by atoms with E-state index in [9.17, 15) is 38.4 Å². The third kappa shape index (κ3) is 14.4. The van der Waals surface area contributed by atoms with Gasteiger partial charge in [0.05, 0.1) is 65.1 Å². The van der Waals surface area contributed by atoms with Crippen molar-refractivity contribution in [3.63, 3.8) is 0 Å². The molecule has 3 rings (SSSR count). The van der Waals surface area contributed by atoms with Crippen molar-refractivity contribution < 1.29 is 76.4 Å². The lowest BCUT2D eigenvalue weighted by molar-refractivity contribution is -0.318. The van der Waals surface area contributed by atoms with E-state index in [4.69, 9.17) is 38.0 Å². The molecule has 4 N–H and O–H groups in total. The number of rotatable bonds is 16. The molecule has 3 aliphatic heterocycles. The molecule has 0 spiro atoms. The first-order chi connectivity index (χ1) is 30.1. The third-order valence-electron chi connectivity index (χ3n) is 13.7. The van der Waals surface area contributed by atoms with E-state index >= 15 is 0 Å². The number of methoxy groups -OCH3 is 1. The van der Waals surface area contributed by atoms with Gasteiger partial charge in [-0.25, -0.2) is 8.42 Å². The summed E-state index contributed by atoms with van der Waals surface area (Å²) >= 11 is 0. The molecule has 1 unspecified atom stereocenters. The summed E-state index contributed by atoms with van der Waals surface area (Å²) in [7, 11) is 1.55. The van der Waals surface area contributed by atoms with Gasteiger partial charge in [0.2, 0.25) is 0 Å².